The lowest BCUT2D eigenvalue weighted by atomic mass is 10.3. The van der Waals surface area contributed by atoms with E-state index in [1.54, 1.807) is 0 Å². The van der Waals surface area contributed by atoms with Crippen molar-refractivity contribution < 1.29 is 0 Å². The minimum atomic E-state index is 0.317. The summed E-state index contributed by atoms with van der Waals surface area (Å²) in [5.74, 6) is 0.794. The Bertz CT molecular complexity index is 39.1. The van der Waals surface area contributed by atoms with Crippen LogP contribution >= 0.6 is 24.2 Å². The highest BCUT2D eigenvalue weighted by Crippen LogP contribution is 2.05. The molecule has 0 spiro atoms. The summed E-state index contributed by atoms with van der Waals surface area (Å²) >= 11 is 10.4. The molecule has 0 aliphatic carbocycles. The van der Waals surface area contributed by atoms with Crippen LogP contribution < -0.4 is 0 Å². The quantitative estimate of drug-likeness (QED) is 0.525. The molecule has 0 N–H and O–H groups in total. The monoisotopic (exact) mass is 137 g/mol. The number of alkyl halides is 1. The Morgan fingerprint density at radius 3 is 2.43 bits per heavy atom. The van der Waals surface area contributed by atoms with Gasteiger partial charge in [0.1, 0.15) is 0 Å². The highest BCUT2D eigenvalue weighted by molar-refractivity contribution is 7.80. The van der Waals surface area contributed by atoms with E-state index in [2.05, 4.69) is 6.92 Å². The topological polar surface area (TPSA) is 0 Å². The van der Waals surface area contributed by atoms with Gasteiger partial charge >= 0.3 is 0 Å². The van der Waals surface area contributed by atoms with E-state index in [0.29, 0.717) is 5.38 Å². The predicted molar refractivity (Wildman–Crippen MR) is 37.0 cm³/mol. The number of hydrogen-bond donors (Lipinski definition) is 0. The second-order valence-corrected chi connectivity index (χ2v) is 2.52. The second-order valence-electron chi connectivity index (χ2n) is 1.50. The van der Waals surface area contributed by atoms with Gasteiger partial charge in [0.05, 0.1) is 0 Å². The highest BCUT2D eigenvalue weighted by atomic mass is 35.5. The molecule has 0 rings (SSSR count). The van der Waals surface area contributed by atoms with Crippen molar-refractivity contribution >= 4 is 24.2 Å². The molecule has 43 valence electrons. The van der Waals surface area contributed by atoms with Gasteiger partial charge < -0.3 is 0 Å². The molecule has 0 bridgehead atoms. The lowest BCUT2D eigenvalue weighted by Gasteiger charge is -1.99. The summed E-state index contributed by atoms with van der Waals surface area (Å²) in [5.41, 5.74) is 0. The highest BCUT2D eigenvalue weighted by Gasteiger charge is 1.96. The van der Waals surface area contributed by atoms with Gasteiger partial charge in [0.25, 0.3) is 0 Å². The van der Waals surface area contributed by atoms with Gasteiger partial charge in [-0.3, -0.25) is 0 Å². The smallest absolute Gasteiger partial charge is 0.0341 e. The molecule has 0 amide bonds. The molecule has 0 aromatic heterocycles. The number of halogens is 1. The van der Waals surface area contributed by atoms with Crippen molar-refractivity contribution in [3.8, 4) is 0 Å². The Labute approximate surface area is 55.7 Å². The summed E-state index contributed by atoms with van der Waals surface area (Å²) in [6, 6.07) is 0. The number of hydrogen-bond acceptors (Lipinski definition) is 0. The van der Waals surface area contributed by atoms with Crippen molar-refractivity contribution in [3.05, 3.63) is 0 Å². The van der Waals surface area contributed by atoms with E-state index in [1.165, 1.54) is 0 Å². The van der Waals surface area contributed by atoms with Gasteiger partial charge in [0.2, 0.25) is 0 Å². The van der Waals surface area contributed by atoms with Gasteiger partial charge in [0.15, 0.2) is 0 Å². The van der Waals surface area contributed by atoms with E-state index in [4.69, 9.17) is 24.2 Å². The third kappa shape index (κ3) is 4.49. The maximum atomic E-state index is 5.70. The van der Waals surface area contributed by atoms with E-state index in [-0.39, 0.29) is 0 Å². The van der Waals surface area contributed by atoms with E-state index >= 15 is 0 Å². The summed E-state index contributed by atoms with van der Waals surface area (Å²) in [7, 11) is 0. The van der Waals surface area contributed by atoms with Crippen LogP contribution in [0.4, 0.5) is 0 Å². The Morgan fingerprint density at radius 1 is 1.71 bits per heavy atom. The SMILES string of the molecule is CCC(Cl)CC[S]. The molecule has 0 fully saturated rings. The maximum Gasteiger partial charge on any atom is 0.0341 e. The molecule has 0 nitrogen and oxygen atoms in total. The molecule has 1 radical (unpaired) electrons. The van der Waals surface area contributed by atoms with Gasteiger partial charge in [0, 0.05) is 11.1 Å². The van der Waals surface area contributed by atoms with Crippen LogP contribution in [0.15, 0.2) is 0 Å². The summed E-state index contributed by atoms with van der Waals surface area (Å²) in [6.07, 6.45) is 2.02. The minimum Gasteiger partial charge on any atom is -0.123 e. The first-order valence-corrected chi connectivity index (χ1v) is 3.54. The molecule has 7 heavy (non-hydrogen) atoms. The van der Waals surface area contributed by atoms with Crippen LogP contribution in [-0.2, 0) is 0 Å². The van der Waals surface area contributed by atoms with Crippen LogP contribution in [0.1, 0.15) is 19.8 Å². The second kappa shape index (κ2) is 4.79. The molecule has 0 aliphatic heterocycles. The summed E-state index contributed by atoms with van der Waals surface area (Å²) in [4.78, 5) is 0. The predicted octanol–water partition coefficient (Wildman–Crippen LogP) is 2.59. The van der Waals surface area contributed by atoms with Crippen LogP contribution in [0, 0.1) is 0 Å². The molecule has 1 atom stereocenters. The lowest BCUT2D eigenvalue weighted by molar-refractivity contribution is 0.790. The summed E-state index contributed by atoms with van der Waals surface area (Å²) in [6.45, 7) is 2.07. The van der Waals surface area contributed by atoms with Crippen LogP contribution in [0.2, 0.25) is 0 Å². The van der Waals surface area contributed by atoms with Crippen LogP contribution in [0.3, 0.4) is 0 Å². The Hall–Kier alpha value is 0.640. The molecule has 0 saturated heterocycles. The van der Waals surface area contributed by atoms with E-state index in [9.17, 15) is 0 Å². The molecule has 0 aliphatic rings. The zero-order chi connectivity index (χ0) is 5.70. The first-order chi connectivity index (χ1) is 3.31. The third-order valence-electron chi connectivity index (χ3n) is 0.874. The van der Waals surface area contributed by atoms with Crippen LogP contribution in [0.5, 0.6) is 0 Å². The van der Waals surface area contributed by atoms with Crippen molar-refractivity contribution in [2.24, 2.45) is 0 Å². The average molecular weight is 138 g/mol. The molecule has 0 aromatic carbocycles. The first kappa shape index (κ1) is 7.64. The fourth-order valence-corrected chi connectivity index (χ4v) is 0.855. The Balaban J connectivity index is 2.83. The number of rotatable bonds is 3. The molecular formula is C5H10ClS. The van der Waals surface area contributed by atoms with Crippen molar-refractivity contribution in [3.63, 3.8) is 0 Å². The van der Waals surface area contributed by atoms with Crippen LogP contribution in [-0.4, -0.2) is 11.1 Å². The zero-order valence-corrected chi connectivity index (χ0v) is 6.06. The fourth-order valence-electron chi connectivity index (χ4n) is 0.332. The van der Waals surface area contributed by atoms with E-state index in [0.717, 1.165) is 18.6 Å². The molecule has 0 heterocycles. The maximum absolute atomic E-state index is 5.70. The Kier molecular flexibility index (Phi) is 5.23. The van der Waals surface area contributed by atoms with Gasteiger partial charge in [-0.15, -0.1) is 11.6 Å². The molecule has 0 aromatic rings. The Morgan fingerprint density at radius 2 is 2.29 bits per heavy atom. The molecule has 2 heteroatoms. The lowest BCUT2D eigenvalue weighted by Crippen LogP contribution is -1.94. The van der Waals surface area contributed by atoms with Crippen LogP contribution in [0.25, 0.3) is 0 Å². The van der Waals surface area contributed by atoms with Crippen molar-refractivity contribution in [1.29, 1.82) is 0 Å². The average Bonchev–Trinajstić information content (AvgIpc) is 1.68. The normalized spacial score (nSPS) is 14.1. The molecular weight excluding hydrogens is 128 g/mol. The van der Waals surface area contributed by atoms with Gasteiger partial charge in [-0.05, 0) is 12.8 Å². The fraction of sp³-hybridized carbons (Fsp3) is 1.00. The molecule has 1 unspecified atom stereocenters. The van der Waals surface area contributed by atoms with Crippen molar-refractivity contribution in [2.45, 2.75) is 25.1 Å². The minimum absolute atomic E-state index is 0.317. The summed E-state index contributed by atoms with van der Waals surface area (Å²) < 4.78 is 0. The van der Waals surface area contributed by atoms with Gasteiger partial charge in [-0.2, -0.15) is 0 Å². The van der Waals surface area contributed by atoms with E-state index < -0.39 is 0 Å². The standard InChI is InChI=1S/C5H10ClS/c1-2-5(6)3-4-7/h5H,2-4H2,1H3. The largest absolute Gasteiger partial charge is 0.123 e. The van der Waals surface area contributed by atoms with E-state index in [1.807, 2.05) is 0 Å². The van der Waals surface area contributed by atoms with Gasteiger partial charge in [-0.1, -0.05) is 19.6 Å². The van der Waals surface area contributed by atoms with Crippen molar-refractivity contribution in [2.75, 3.05) is 5.75 Å². The first-order valence-electron chi connectivity index (χ1n) is 2.53. The van der Waals surface area contributed by atoms with Gasteiger partial charge in [-0.25, -0.2) is 0 Å². The van der Waals surface area contributed by atoms with Crippen molar-refractivity contribution in [1.82, 2.24) is 0 Å². The third-order valence-corrected chi connectivity index (χ3v) is 1.64. The zero-order valence-electron chi connectivity index (χ0n) is 4.48. The summed E-state index contributed by atoms with van der Waals surface area (Å²) in [5, 5.41) is 0.317. The molecule has 0 saturated carbocycles.